The molecule has 1 heterocycles. The van der Waals surface area contributed by atoms with Gasteiger partial charge in [0.2, 0.25) is 6.43 Å². The lowest BCUT2D eigenvalue weighted by Crippen LogP contribution is -2.45. The fourth-order valence-electron chi connectivity index (χ4n) is 2.40. The summed E-state index contributed by atoms with van der Waals surface area (Å²) in [4.78, 5) is 2.34. The van der Waals surface area contributed by atoms with E-state index in [1.54, 1.807) is 0 Å². The standard InChI is InChI=1S/C12H24F2N2/c1-11(2,3)16-7-4-5-12(15,6-8-16)9-10(13)14/h10H,4-9,15H2,1-3H3/t12-/m1/s1. The molecule has 1 fully saturated rings. The van der Waals surface area contributed by atoms with Gasteiger partial charge in [-0.25, -0.2) is 8.78 Å². The molecular weight excluding hydrogens is 210 g/mol. The van der Waals surface area contributed by atoms with Gasteiger partial charge in [0.15, 0.2) is 0 Å². The van der Waals surface area contributed by atoms with Crippen LogP contribution >= 0.6 is 0 Å². The first kappa shape index (κ1) is 13.8. The molecule has 1 aliphatic rings. The highest BCUT2D eigenvalue weighted by Gasteiger charge is 2.33. The predicted molar refractivity (Wildman–Crippen MR) is 62.7 cm³/mol. The van der Waals surface area contributed by atoms with E-state index in [1.807, 2.05) is 0 Å². The fourth-order valence-corrected chi connectivity index (χ4v) is 2.40. The Bertz CT molecular complexity index is 226. The first-order valence-electron chi connectivity index (χ1n) is 6.05. The molecule has 0 radical (unpaired) electrons. The monoisotopic (exact) mass is 234 g/mol. The van der Waals surface area contributed by atoms with Crippen molar-refractivity contribution in [3.63, 3.8) is 0 Å². The number of likely N-dealkylation sites (tertiary alicyclic amines) is 1. The van der Waals surface area contributed by atoms with Crippen LogP contribution in [0.25, 0.3) is 0 Å². The molecule has 0 aromatic carbocycles. The van der Waals surface area contributed by atoms with Crippen LogP contribution in [0.3, 0.4) is 0 Å². The maximum Gasteiger partial charge on any atom is 0.240 e. The van der Waals surface area contributed by atoms with Crippen LogP contribution in [0, 0.1) is 0 Å². The van der Waals surface area contributed by atoms with Crippen LogP contribution in [0.4, 0.5) is 8.78 Å². The topological polar surface area (TPSA) is 29.3 Å². The van der Waals surface area contributed by atoms with E-state index in [9.17, 15) is 8.78 Å². The van der Waals surface area contributed by atoms with Gasteiger partial charge in [0.25, 0.3) is 0 Å². The van der Waals surface area contributed by atoms with E-state index in [2.05, 4.69) is 25.7 Å². The maximum atomic E-state index is 12.4. The first-order valence-corrected chi connectivity index (χ1v) is 6.05. The molecule has 2 N–H and O–H groups in total. The Balaban J connectivity index is 2.58. The summed E-state index contributed by atoms with van der Waals surface area (Å²) >= 11 is 0. The minimum atomic E-state index is -2.29. The van der Waals surface area contributed by atoms with Crippen molar-refractivity contribution in [2.45, 2.75) is 64.0 Å². The molecule has 96 valence electrons. The van der Waals surface area contributed by atoms with Crippen LogP contribution in [-0.4, -0.2) is 35.5 Å². The van der Waals surface area contributed by atoms with Gasteiger partial charge >= 0.3 is 0 Å². The number of nitrogens with zero attached hydrogens (tertiary/aromatic N) is 1. The van der Waals surface area contributed by atoms with Crippen molar-refractivity contribution in [2.75, 3.05) is 13.1 Å². The summed E-state index contributed by atoms with van der Waals surface area (Å²) in [5, 5.41) is 0. The molecule has 0 amide bonds. The SMILES string of the molecule is CC(C)(C)N1CCC[C@](N)(CC(F)F)CC1. The normalized spacial score (nSPS) is 29.4. The van der Waals surface area contributed by atoms with Crippen molar-refractivity contribution in [1.29, 1.82) is 0 Å². The zero-order valence-corrected chi connectivity index (χ0v) is 10.6. The average Bonchev–Trinajstić information content (AvgIpc) is 2.24. The van der Waals surface area contributed by atoms with Crippen LogP contribution in [0.1, 0.15) is 46.5 Å². The molecule has 1 atom stereocenters. The highest BCUT2D eigenvalue weighted by molar-refractivity contribution is 4.91. The smallest absolute Gasteiger partial charge is 0.240 e. The van der Waals surface area contributed by atoms with Crippen molar-refractivity contribution in [3.8, 4) is 0 Å². The molecule has 4 heteroatoms. The Hall–Kier alpha value is -0.220. The van der Waals surface area contributed by atoms with E-state index in [-0.39, 0.29) is 12.0 Å². The quantitative estimate of drug-likeness (QED) is 0.796. The Morgan fingerprint density at radius 2 is 1.88 bits per heavy atom. The second-order valence-electron chi connectivity index (χ2n) is 5.97. The molecule has 0 aromatic heterocycles. The van der Waals surface area contributed by atoms with Crippen LogP contribution < -0.4 is 5.73 Å². The van der Waals surface area contributed by atoms with Gasteiger partial charge in [-0.3, -0.25) is 4.90 Å². The van der Waals surface area contributed by atoms with Crippen molar-refractivity contribution >= 4 is 0 Å². The van der Waals surface area contributed by atoms with Crippen LogP contribution in [0.2, 0.25) is 0 Å². The minimum absolute atomic E-state index is 0.107. The number of hydrogen-bond donors (Lipinski definition) is 1. The molecule has 0 saturated carbocycles. The summed E-state index contributed by atoms with van der Waals surface area (Å²) < 4.78 is 24.9. The van der Waals surface area contributed by atoms with E-state index >= 15 is 0 Å². The highest BCUT2D eigenvalue weighted by Crippen LogP contribution is 2.28. The van der Waals surface area contributed by atoms with E-state index in [0.29, 0.717) is 12.8 Å². The minimum Gasteiger partial charge on any atom is -0.325 e. The van der Waals surface area contributed by atoms with Crippen molar-refractivity contribution < 1.29 is 8.78 Å². The number of alkyl halides is 2. The van der Waals surface area contributed by atoms with Crippen LogP contribution in [0.15, 0.2) is 0 Å². The summed E-state index contributed by atoms with van der Waals surface area (Å²) in [6, 6.07) is 0. The average molecular weight is 234 g/mol. The van der Waals surface area contributed by atoms with Gasteiger partial charge in [-0.1, -0.05) is 0 Å². The van der Waals surface area contributed by atoms with E-state index in [1.165, 1.54) is 0 Å². The summed E-state index contributed by atoms with van der Waals surface area (Å²) in [6.07, 6.45) is -0.143. The van der Waals surface area contributed by atoms with Crippen molar-refractivity contribution in [1.82, 2.24) is 4.90 Å². The number of nitrogens with two attached hydrogens (primary N) is 1. The first-order chi connectivity index (χ1) is 7.23. The Morgan fingerprint density at radius 1 is 1.25 bits per heavy atom. The summed E-state index contributed by atoms with van der Waals surface area (Å²) in [7, 11) is 0. The van der Waals surface area contributed by atoms with E-state index < -0.39 is 12.0 Å². The third-order valence-electron chi connectivity index (χ3n) is 3.49. The predicted octanol–water partition coefficient (Wildman–Crippen LogP) is 2.62. The second-order valence-corrected chi connectivity index (χ2v) is 5.97. The third-order valence-corrected chi connectivity index (χ3v) is 3.49. The summed E-state index contributed by atoms with van der Waals surface area (Å²) in [5.74, 6) is 0. The van der Waals surface area contributed by atoms with Gasteiger partial charge in [-0.05, 0) is 46.6 Å². The lowest BCUT2D eigenvalue weighted by atomic mass is 9.88. The Kier molecular flexibility index (Phi) is 4.29. The molecule has 2 nitrogen and oxygen atoms in total. The largest absolute Gasteiger partial charge is 0.325 e. The maximum absolute atomic E-state index is 12.4. The van der Waals surface area contributed by atoms with E-state index in [4.69, 9.17) is 5.73 Å². The Morgan fingerprint density at radius 3 is 2.38 bits per heavy atom. The lowest BCUT2D eigenvalue weighted by molar-refractivity contribution is 0.0949. The van der Waals surface area contributed by atoms with Crippen molar-refractivity contribution in [2.24, 2.45) is 5.73 Å². The second kappa shape index (κ2) is 4.96. The third kappa shape index (κ3) is 3.98. The van der Waals surface area contributed by atoms with E-state index in [0.717, 1.165) is 19.5 Å². The number of rotatable bonds is 2. The van der Waals surface area contributed by atoms with Crippen molar-refractivity contribution in [3.05, 3.63) is 0 Å². The molecule has 0 bridgehead atoms. The summed E-state index contributed by atoms with van der Waals surface area (Å²) in [5.41, 5.74) is 5.51. The molecule has 0 spiro atoms. The highest BCUT2D eigenvalue weighted by atomic mass is 19.3. The van der Waals surface area contributed by atoms with Gasteiger partial charge in [0, 0.05) is 24.0 Å². The van der Waals surface area contributed by atoms with Crippen LogP contribution in [-0.2, 0) is 0 Å². The molecular formula is C12H24F2N2. The molecule has 1 rings (SSSR count). The lowest BCUT2D eigenvalue weighted by Gasteiger charge is -2.35. The molecule has 16 heavy (non-hydrogen) atoms. The molecule has 0 unspecified atom stereocenters. The van der Waals surface area contributed by atoms with Gasteiger partial charge in [0.1, 0.15) is 0 Å². The van der Waals surface area contributed by atoms with Gasteiger partial charge in [-0.2, -0.15) is 0 Å². The fraction of sp³-hybridized carbons (Fsp3) is 1.00. The number of halogens is 2. The molecule has 0 aromatic rings. The molecule has 1 saturated heterocycles. The number of hydrogen-bond acceptors (Lipinski definition) is 2. The zero-order chi connectivity index (χ0) is 12.4. The zero-order valence-electron chi connectivity index (χ0n) is 10.6. The van der Waals surface area contributed by atoms with Gasteiger partial charge in [0.05, 0.1) is 0 Å². The van der Waals surface area contributed by atoms with Gasteiger partial charge in [-0.15, -0.1) is 0 Å². The molecule has 1 aliphatic heterocycles. The summed E-state index contributed by atoms with van der Waals surface area (Å²) in [6.45, 7) is 8.26. The Labute approximate surface area is 97.2 Å². The van der Waals surface area contributed by atoms with Crippen LogP contribution in [0.5, 0.6) is 0 Å². The van der Waals surface area contributed by atoms with Gasteiger partial charge < -0.3 is 5.73 Å². The molecule has 0 aliphatic carbocycles.